The highest BCUT2D eigenvalue weighted by Gasteiger charge is 2.14. The Balaban J connectivity index is 1.74. The number of carbonyl (C=O) groups is 1. The molecule has 170 valence electrons. The van der Waals surface area contributed by atoms with E-state index in [4.69, 9.17) is 21.7 Å². The van der Waals surface area contributed by atoms with Gasteiger partial charge in [-0.2, -0.15) is 0 Å². The van der Waals surface area contributed by atoms with Crippen LogP contribution in [0.25, 0.3) is 10.9 Å². The third kappa shape index (κ3) is 5.56. The van der Waals surface area contributed by atoms with Gasteiger partial charge < -0.3 is 19.4 Å². The van der Waals surface area contributed by atoms with Crippen LogP contribution < -0.4 is 15.0 Å². The third-order valence-electron chi connectivity index (χ3n) is 5.11. The smallest absolute Gasteiger partial charge is 0.262 e. The van der Waals surface area contributed by atoms with E-state index in [1.807, 2.05) is 44.2 Å². The third-order valence-corrected chi connectivity index (χ3v) is 5.43. The van der Waals surface area contributed by atoms with Crippen LogP contribution in [-0.4, -0.2) is 40.6 Å². The fraction of sp³-hybridized carbons (Fsp3) is 0.375. The number of rotatable bonds is 10. The monoisotopic (exact) mass is 455 g/mol. The van der Waals surface area contributed by atoms with Crippen LogP contribution in [-0.2, 0) is 17.9 Å². The molecule has 1 amide bonds. The number of H-pyrrole nitrogens is 1. The molecule has 0 saturated heterocycles. The number of fused-ring (bicyclic) bond motifs is 1. The summed E-state index contributed by atoms with van der Waals surface area (Å²) in [5.41, 5.74) is 1.47. The second-order valence-electron chi connectivity index (χ2n) is 7.44. The number of ether oxygens (including phenoxy) is 2. The van der Waals surface area contributed by atoms with Crippen molar-refractivity contribution in [2.75, 3.05) is 20.3 Å². The van der Waals surface area contributed by atoms with Gasteiger partial charge in [-0.3, -0.25) is 14.2 Å². The molecule has 3 rings (SSSR count). The lowest BCUT2D eigenvalue weighted by molar-refractivity contribution is -0.130. The van der Waals surface area contributed by atoms with E-state index in [1.165, 1.54) is 4.57 Å². The first-order chi connectivity index (χ1) is 15.4. The highest BCUT2D eigenvalue weighted by molar-refractivity contribution is 7.71. The SMILES string of the molecule is CCOc1cc2[nH]c(=S)n(CCCC(=O)N(C)Cc3ccccc3)c(=O)c2cc1OCC. The summed E-state index contributed by atoms with van der Waals surface area (Å²) in [6.45, 7) is 5.61. The Morgan fingerprint density at radius 1 is 1.09 bits per heavy atom. The average molecular weight is 456 g/mol. The van der Waals surface area contributed by atoms with Crippen LogP contribution >= 0.6 is 12.2 Å². The second kappa shape index (κ2) is 10.9. The van der Waals surface area contributed by atoms with Gasteiger partial charge >= 0.3 is 0 Å². The molecule has 0 saturated carbocycles. The van der Waals surface area contributed by atoms with Crippen molar-refractivity contribution in [3.63, 3.8) is 0 Å². The fourth-order valence-electron chi connectivity index (χ4n) is 3.53. The lowest BCUT2D eigenvalue weighted by Gasteiger charge is -2.17. The maximum atomic E-state index is 13.1. The molecule has 0 fully saturated rings. The van der Waals surface area contributed by atoms with Gasteiger partial charge in [-0.1, -0.05) is 30.3 Å². The van der Waals surface area contributed by atoms with Crippen molar-refractivity contribution in [3.8, 4) is 11.5 Å². The quantitative estimate of drug-likeness (QED) is 0.462. The molecule has 0 atom stereocenters. The van der Waals surface area contributed by atoms with Crippen LogP contribution in [0.5, 0.6) is 11.5 Å². The molecule has 1 heterocycles. The Kier molecular flexibility index (Phi) is 8.05. The Morgan fingerprint density at radius 3 is 2.41 bits per heavy atom. The second-order valence-corrected chi connectivity index (χ2v) is 7.82. The van der Waals surface area contributed by atoms with E-state index >= 15 is 0 Å². The van der Waals surface area contributed by atoms with Gasteiger partial charge in [-0.15, -0.1) is 0 Å². The van der Waals surface area contributed by atoms with Crippen LogP contribution in [0.2, 0.25) is 0 Å². The number of benzene rings is 2. The molecule has 1 N–H and O–H groups in total. The van der Waals surface area contributed by atoms with E-state index in [0.29, 0.717) is 66.3 Å². The van der Waals surface area contributed by atoms with Gasteiger partial charge in [-0.25, -0.2) is 0 Å². The molecule has 0 radical (unpaired) electrons. The molecule has 8 heteroatoms. The fourth-order valence-corrected chi connectivity index (χ4v) is 3.81. The molecule has 0 unspecified atom stereocenters. The molecule has 2 aromatic carbocycles. The van der Waals surface area contributed by atoms with Crippen molar-refractivity contribution in [2.45, 2.75) is 39.8 Å². The average Bonchev–Trinajstić information content (AvgIpc) is 2.78. The van der Waals surface area contributed by atoms with Crippen molar-refractivity contribution in [2.24, 2.45) is 0 Å². The minimum Gasteiger partial charge on any atom is -0.490 e. The largest absolute Gasteiger partial charge is 0.490 e. The summed E-state index contributed by atoms with van der Waals surface area (Å²) < 4.78 is 13.1. The number of hydrogen-bond donors (Lipinski definition) is 1. The predicted octanol–water partition coefficient (Wildman–Crippen LogP) is 4.30. The zero-order valence-corrected chi connectivity index (χ0v) is 19.5. The lowest BCUT2D eigenvalue weighted by atomic mass is 10.2. The van der Waals surface area contributed by atoms with Gasteiger partial charge in [0.2, 0.25) is 5.91 Å². The Bertz CT molecular complexity index is 1190. The molecule has 0 spiro atoms. The van der Waals surface area contributed by atoms with Crippen molar-refractivity contribution < 1.29 is 14.3 Å². The summed E-state index contributed by atoms with van der Waals surface area (Å²) in [5, 5.41) is 0.470. The maximum Gasteiger partial charge on any atom is 0.262 e. The number of hydrogen-bond acceptors (Lipinski definition) is 5. The molecule has 7 nitrogen and oxygen atoms in total. The topological polar surface area (TPSA) is 76.6 Å². The summed E-state index contributed by atoms with van der Waals surface area (Å²) in [6, 6.07) is 13.3. The highest BCUT2D eigenvalue weighted by atomic mass is 32.1. The molecule has 0 aliphatic heterocycles. The van der Waals surface area contributed by atoms with Crippen LogP contribution in [0, 0.1) is 4.77 Å². The van der Waals surface area contributed by atoms with E-state index in [0.717, 1.165) is 5.56 Å². The number of amides is 1. The summed E-state index contributed by atoms with van der Waals surface area (Å²) in [6.07, 6.45) is 0.840. The van der Waals surface area contributed by atoms with Crippen LogP contribution in [0.15, 0.2) is 47.3 Å². The van der Waals surface area contributed by atoms with Gasteiger partial charge in [0.15, 0.2) is 16.3 Å². The molecular weight excluding hydrogens is 426 g/mol. The minimum absolute atomic E-state index is 0.0255. The zero-order valence-electron chi connectivity index (χ0n) is 18.7. The molecular formula is C24H29N3O4S. The van der Waals surface area contributed by atoms with Gasteiger partial charge in [0, 0.05) is 32.6 Å². The predicted molar refractivity (Wildman–Crippen MR) is 128 cm³/mol. The van der Waals surface area contributed by atoms with Gasteiger partial charge in [0.25, 0.3) is 5.56 Å². The Morgan fingerprint density at radius 2 is 1.75 bits per heavy atom. The van der Waals surface area contributed by atoms with Crippen LogP contribution in [0.1, 0.15) is 32.3 Å². The van der Waals surface area contributed by atoms with E-state index in [2.05, 4.69) is 4.98 Å². The summed E-state index contributed by atoms with van der Waals surface area (Å²) >= 11 is 5.42. The molecule has 3 aromatic rings. The zero-order chi connectivity index (χ0) is 23.1. The molecule has 0 bridgehead atoms. The minimum atomic E-state index is -0.210. The first kappa shape index (κ1) is 23.5. The normalized spacial score (nSPS) is 10.8. The first-order valence-electron chi connectivity index (χ1n) is 10.8. The Labute approximate surface area is 192 Å². The highest BCUT2D eigenvalue weighted by Crippen LogP contribution is 2.30. The first-order valence-corrected chi connectivity index (χ1v) is 11.2. The molecule has 32 heavy (non-hydrogen) atoms. The van der Waals surface area contributed by atoms with E-state index < -0.39 is 0 Å². The molecule has 0 aliphatic rings. The van der Waals surface area contributed by atoms with Crippen LogP contribution in [0.4, 0.5) is 0 Å². The van der Waals surface area contributed by atoms with Gasteiger partial charge in [-0.05, 0) is 44.1 Å². The number of nitrogens with one attached hydrogen (secondary N) is 1. The lowest BCUT2D eigenvalue weighted by Crippen LogP contribution is -2.27. The van der Waals surface area contributed by atoms with Crippen molar-refractivity contribution in [3.05, 3.63) is 63.2 Å². The molecule has 1 aromatic heterocycles. The van der Waals surface area contributed by atoms with Crippen molar-refractivity contribution in [1.29, 1.82) is 0 Å². The standard InChI is InChI=1S/C24H29N3O4S/c1-4-30-20-14-18-19(15-21(20)31-5-2)25-24(32)27(23(18)29)13-9-12-22(28)26(3)16-17-10-7-6-8-11-17/h6-8,10-11,14-15H,4-5,9,12-13,16H2,1-3H3,(H,25,32). The van der Waals surface area contributed by atoms with E-state index in [-0.39, 0.29) is 11.5 Å². The summed E-state index contributed by atoms with van der Waals surface area (Å²) in [5.74, 6) is 1.11. The van der Waals surface area contributed by atoms with Crippen molar-refractivity contribution in [1.82, 2.24) is 14.5 Å². The van der Waals surface area contributed by atoms with Gasteiger partial charge in [0.1, 0.15) is 0 Å². The Hall–Kier alpha value is -3.13. The number of nitrogens with zero attached hydrogens (tertiary/aromatic N) is 2. The summed E-state index contributed by atoms with van der Waals surface area (Å²) in [4.78, 5) is 30.4. The maximum absolute atomic E-state index is 13.1. The van der Waals surface area contributed by atoms with E-state index in [1.54, 1.807) is 24.1 Å². The van der Waals surface area contributed by atoms with E-state index in [9.17, 15) is 9.59 Å². The number of carbonyl (C=O) groups excluding carboxylic acids is 1. The van der Waals surface area contributed by atoms with Crippen molar-refractivity contribution >= 4 is 29.0 Å². The number of aromatic amines is 1. The number of aromatic nitrogens is 2. The molecule has 0 aliphatic carbocycles. The van der Waals surface area contributed by atoms with Crippen LogP contribution in [0.3, 0.4) is 0 Å². The summed E-state index contributed by atoms with van der Waals surface area (Å²) in [7, 11) is 1.79. The van der Waals surface area contributed by atoms with Gasteiger partial charge in [0.05, 0.1) is 24.1 Å².